The van der Waals surface area contributed by atoms with Crippen LogP contribution in [-0.4, -0.2) is 39.5 Å². The molecular formula is C19H22ClFN2O4S2. The summed E-state index contributed by atoms with van der Waals surface area (Å²) >= 11 is 7.18. The zero-order valence-electron chi connectivity index (χ0n) is 15.9. The van der Waals surface area contributed by atoms with Crippen molar-refractivity contribution in [1.82, 2.24) is 10.0 Å². The normalized spacial score (nSPS) is 12.4. The first-order valence-electron chi connectivity index (χ1n) is 8.64. The maximum absolute atomic E-state index is 13.3. The highest BCUT2D eigenvalue weighted by Gasteiger charge is 2.26. The average molecular weight is 461 g/mol. The van der Waals surface area contributed by atoms with E-state index in [1.165, 1.54) is 18.9 Å². The van der Waals surface area contributed by atoms with Crippen LogP contribution in [0, 0.1) is 5.82 Å². The molecule has 0 aliphatic heterocycles. The second-order valence-electron chi connectivity index (χ2n) is 6.06. The SMILES string of the molecule is COc1ccccc1CNC(=O)[C@H](CCSC)NS(=O)(=O)c1ccc(F)c(Cl)c1. The van der Waals surface area contributed by atoms with Gasteiger partial charge in [0.25, 0.3) is 0 Å². The Bertz CT molecular complexity index is 957. The van der Waals surface area contributed by atoms with Crippen LogP contribution in [-0.2, 0) is 21.4 Å². The fraction of sp³-hybridized carbons (Fsp3) is 0.316. The van der Waals surface area contributed by atoms with Gasteiger partial charge < -0.3 is 10.1 Å². The Labute approximate surface area is 179 Å². The summed E-state index contributed by atoms with van der Waals surface area (Å²) in [5.74, 6) is -0.00441. The lowest BCUT2D eigenvalue weighted by Crippen LogP contribution is -2.46. The minimum atomic E-state index is -4.07. The van der Waals surface area contributed by atoms with Gasteiger partial charge in [-0.2, -0.15) is 16.5 Å². The summed E-state index contributed by atoms with van der Waals surface area (Å²) in [7, 11) is -2.53. The van der Waals surface area contributed by atoms with Crippen LogP contribution in [0.5, 0.6) is 5.75 Å². The predicted molar refractivity (Wildman–Crippen MR) is 113 cm³/mol. The van der Waals surface area contributed by atoms with Crippen LogP contribution in [0.1, 0.15) is 12.0 Å². The van der Waals surface area contributed by atoms with Crippen molar-refractivity contribution in [3.8, 4) is 5.75 Å². The van der Waals surface area contributed by atoms with E-state index in [-0.39, 0.29) is 22.9 Å². The summed E-state index contributed by atoms with van der Waals surface area (Å²) < 4.78 is 46.3. The van der Waals surface area contributed by atoms with Crippen molar-refractivity contribution in [1.29, 1.82) is 0 Å². The molecule has 0 saturated heterocycles. The standard InChI is InChI=1S/C19H22ClFN2O4S2/c1-27-18-6-4-3-5-13(18)12-22-19(24)17(9-10-28-2)23-29(25,26)14-7-8-16(21)15(20)11-14/h3-8,11,17,23H,9-10,12H2,1-2H3,(H,22,24)/t17-/m0/s1. The third kappa shape index (κ3) is 6.60. The summed E-state index contributed by atoms with van der Waals surface area (Å²) in [6.45, 7) is 0.183. The van der Waals surface area contributed by atoms with Crippen LogP contribution in [0.15, 0.2) is 47.4 Å². The number of para-hydroxylation sites is 1. The highest BCUT2D eigenvalue weighted by Crippen LogP contribution is 2.20. The molecule has 158 valence electrons. The van der Waals surface area contributed by atoms with Gasteiger partial charge in [-0.25, -0.2) is 12.8 Å². The van der Waals surface area contributed by atoms with Crippen LogP contribution in [0.2, 0.25) is 5.02 Å². The highest BCUT2D eigenvalue weighted by atomic mass is 35.5. The molecule has 2 rings (SSSR count). The smallest absolute Gasteiger partial charge is 0.241 e. The maximum Gasteiger partial charge on any atom is 0.241 e. The zero-order chi connectivity index (χ0) is 21.4. The Morgan fingerprint density at radius 2 is 2.00 bits per heavy atom. The molecule has 29 heavy (non-hydrogen) atoms. The van der Waals surface area contributed by atoms with Crippen LogP contribution < -0.4 is 14.8 Å². The van der Waals surface area contributed by atoms with Crippen molar-refractivity contribution in [2.45, 2.75) is 23.9 Å². The lowest BCUT2D eigenvalue weighted by Gasteiger charge is -2.19. The van der Waals surface area contributed by atoms with E-state index in [0.717, 1.165) is 23.8 Å². The number of rotatable bonds is 10. The Morgan fingerprint density at radius 1 is 1.28 bits per heavy atom. The Balaban J connectivity index is 2.14. The number of halogens is 2. The Hall–Kier alpha value is -1.81. The van der Waals surface area contributed by atoms with Crippen molar-refractivity contribution in [2.24, 2.45) is 0 Å². The van der Waals surface area contributed by atoms with Crippen molar-refractivity contribution < 1.29 is 22.3 Å². The molecule has 2 aromatic rings. The largest absolute Gasteiger partial charge is 0.496 e. The third-order valence-corrected chi connectivity index (χ3v) is 6.47. The van der Waals surface area contributed by atoms with Crippen molar-refractivity contribution >= 4 is 39.3 Å². The van der Waals surface area contributed by atoms with Gasteiger partial charge in [-0.15, -0.1) is 0 Å². The van der Waals surface area contributed by atoms with Gasteiger partial charge in [0.1, 0.15) is 17.6 Å². The number of methoxy groups -OCH3 is 1. The van der Waals surface area contributed by atoms with Gasteiger partial charge in [-0.1, -0.05) is 29.8 Å². The van der Waals surface area contributed by atoms with E-state index >= 15 is 0 Å². The second-order valence-corrected chi connectivity index (χ2v) is 9.17. The van der Waals surface area contributed by atoms with E-state index in [1.807, 2.05) is 18.4 Å². The second kappa shape index (κ2) is 10.8. The Kier molecular flexibility index (Phi) is 8.76. The predicted octanol–water partition coefficient (Wildman–Crippen LogP) is 3.20. The Morgan fingerprint density at radius 3 is 2.66 bits per heavy atom. The molecule has 1 amide bonds. The molecule has 0 heterocycles. The molecule has 0 spiro atoms. The van der Waals surface area contributed by atoms with Gasteiger partial charge in [0.05, 0.1) is 17.0 Å². The monoisotopic (exact) mass is 460 g/mol. The molecule has 2 aromatic carbocycles. The first kappa shape index (κ1) is 23.5. The van der Waals surface area contributed by atoms with Crippen LogP contribution in [0.25, 0.3) is 0 Å². The van der Waals surface area contributed by atoms with E-state index in [9.17, 15) is 17.6 Å². The first-order chi connectivity index (χ1) is 13.8. The van der Waals surface area contributed by atoms with Gasteiger partial charge in [0.15, 0.2) is 0 Å². The molecule has 0 fully saturated rings. The molecule has 0 radical (unpaired) electrons. The third-order valence-electron chi connectivity index (χ3n) is 4.07. The van der Waals surface area contributed by atoms with Crippen molar-refractivity contribution in [3.63, 3.8) is 0 Å². The summed E-state index contributed by atoms with van der Waals surface area (Å²) in [5.41, 5.74) is 0.764. The lowest BCUT2D eigenvalue weighted by atomic mass is 10.2. The first-order valence-corrected chi connectivity index (χ1v) is 11.9. The van der Waals surface area contributed by atoms with E-state index in [2.05, 4.69) is 10.0 Å². The summed E-state index contributed by atoms with van der Waals surface area (Å²) in [6, 6.07) is 9.29. The molecular weight excluding hydrogens is 439 g/mol. The van der Waals surface area contributed by atoms with Gasteiger partial charge in [-0.05, 0) is 42.7 Å². The number of hydrogen-bond acceptors (Lipinski definition) is 5. The lowest BCUT2D eigenvalue weighted by molar-refractivity contribution is -0.122. The van der Waals surface area contributed by atoms with Gasteiger partial charge in [0.2, 0.25) is 15.9 Å². The quantitative estimate of drug-likeness (QED) is 0.568. The fourth-order valence-corrected chi connectivity index (χ4v) is 4.51. The fourth-order valence-electron chi connectivity index (χ4n) is 2.53. The zero-order valence-corrected chi connectivity index (χ0v) is 18.3. The summed E-state index contributed by atoms with van der Waals surface area (Å²) in [5, 5.41) is 2.43. The molecule has 1 atom stereocenters. The molecule has 0 unspecified atom stereocenters. The number of benzene rings is 2. The van der Waals surface area contributed by atoms with Crippen LogP contribution in [0.3, 0.4) is 0 Å². The average Bonchev–Trinajstić information content (AvgIpc) is 2.71. The molecule has 0 aliphatic carbocycles. The van der Waals surface area contributed by atoms with Gasteiger partial charge in [0, 0.05) is 12.1 Å². The molecule has 0 bridgehead atoms. The number of sulfonamides is 1. The van der Waals surface area contributed by atoms with Gasteiger partial charge >= 0.3 is 0 Å². The number of thioether (sulfide) groups is 1. The number of carbonyl (C=O) groups excluding carboxylic acids is 1. The highest BCUT2D eigenvalue weighted by molar-refractivity contribution is 7.98. The number of ether oxygens (including phenoxy) is 1. The number of carbonyl (C=O) groups is 1. The van der Waals surface area contributed by atoms with E-state index in [0.29, 0.717) is 11.5 Å². The minimum Gasteiger partial charge on any atom is -0.496 e. The topological polar surface area (TPSA) is 84.5 Å². The van der Waals surface area contributed by atoms with E-state index in [4.69, 9.17) is 16.3 Å². The van der Waals surface area contributed by atoms with Crippen molar-refractivity contribution in [3.05, 3.63) is 58.9 Å². The number of amides is 1. The van der Waals surface area contributed by atoms with E-state index in [1.54, 1.807) is 12.1 Å². The molecule has 0 aromatic heterocycles. The van der Waals surface area contributed by atoms with Crippen LogP contribution in [0.4, 0.5) is 4.39 Å². The molecule has 10 heteroatoms. The molecule has 6 nitrogen and oxygen atoms in total. The van der Waals surface area contributed by atoms with Crippen LogP contribution >= 0.6 is 23.4 Å². The summed E-state index contributed by atoms with van der Waals surface area (Å²) in [4.78, 5) is 12.5. The molecule has 0 aliphatic rings. The van der Waals surface area contributed by atoms with E-state index < -0.39 is 27.8 Å². The summed E-state index contributed by atoms with van der Waals surface area (Å²) in [6.07, 6.45) is 2.14. The minimum absolute atomic E-state index is 0.183. The van der Waals surface area contributed by atoms with Gasteiger partial charge in [-0.3, -0.25) is 4.79 Å². The number of nitrogens with one attached hydrogen (secondary N) is 2. The number of hydrogen-bond donors (Lipinski definition) is 2. The van der Waals surface area contributed by atoms with Crippen molar-refractivity contribution in [2.75, 3.05) is 19.1 Å². The molecule has 2 N–H and O–H groups in total. The molecule has 0 saturated carbocycles. The maximum atomic E-state index is 13.3.